The molecule has 2 atom stereocenters. The van der Waals surface area contributed by atoms with Gasteiger partial charge in [-0.05, 0) is 48.3 Å². The van der Waals surface area contributed by atoms with Crippen molar-refractivity contribution in [1.82, 2.24) is 10.2 Å². The van der Waals surface area contributed by atoms with Gasteiger partial charge in [0, 0.05) is 31.6 Å². The second-order valence-corrected chi connectivity index (χ2v) is 8.63. The molecule has 1 aromatic heterocycles. The Bertz CT molecular complexity index is 845. The van der Waals surface area contributed by atoms with Gasteiger partial charge in [0.2, 0.25) is 5.91 Å². The Balaban J connectivity index is 1.60. The van der Waals surface area contributed by atoms with E-state index < -0.39 is 5.41 Å². The van der Waals surface area contributed by atoms with Crippen LogP contribution in [0.4, 0.5) is 0 Å². The monoisotopic (exact) mass is 398 g/mol. The van der Waals surface area contributed by atoms with Crippen LogP contribution < -0.4 is 5.32 Å². The maximum Gasteiger partial charge on any atom is 0.251 e. The lowest BCUT2D eigenvalue weighted by Gasteiger charge is -2.29. The maximum absolute atomic E-state index is 12.9. The van der Waals surface area contributed by atoms with Crippen molar-refractivity contribution >= 4 is 23.2 Å². The highest BCUT2D eigenvalue weighted by atomic mass is 32.1. The molecule has 28 heavy (non-hydrogen) atoms. The molecule has 0 aliphatic carbocycles. The lowest BCUT2D eigenvalue weighted by molar-refractivity contribution is -0.140. The molecule has 2 saturated heterocycles. The van der Waals surface area contributed by atoms with E-state index in [4.69, 9.17) is 4.74 Å². The van der Waals surface area contributed by atoms with Gasteiger partial charge in [0.05, 0.1) is 5.41 Å². The van der Waals surface area contributed by atoms with E-state index in [9.17, 15) is 9.59 Å². The van der Waals surface area contributed by atoms with Gasteiger partial charge in [-0.2, -0.15) is 0 Å². The van der Waals surface area contributed by atoms with E-state index in [1.54, 1.807) is 18.4 Å². The van der Waals surface area contributed by atoms with Crippen LogP contribution in [0.2, 0.25) is 0 Å². The summed E-state index contributed by atoms with van der Waals surface area (Å²) in [5.74, 6) is 0.0472. The minimum absolute atomic E-state index is 0.0103. The van der Waals surface area contributed by atoms with Gasteiger partial charge < -0.3 is 15.0 Å². The number of benzene rings is 1. The van der Waals surface area contributed by atoms with Gasteiger partial charge in [0.15, 0.2) is 0 Å². The highest BCUT2D eigenvalue weighted by molar-refractivity contribution is 7.13. The molecule has 4 rings (SSSR count). The average molecular weight is 399 g/mol. The first-order valence-electron chi connectivity index (χ1n) is 9.87. The number of likely N-dealkylation sites (tertiary alicyclic amines) is 1. The number of nitrogens with zero attached hydrogens (tertiary/aromatic N) is 1. The molecular weight excluding hydrogens is 372 g/mol. The van der Waals surface area contributed by atoms with E-state index in [1.165, 1.54) is 10.4 Å². The number of carbonyl (C=O) groups is 2. The van der Waals surface area contributed by atoms with E-state index in [-0.39, 0.29) is 17.9 Å². The number of carbonyl (C=O) groups excluding carboxylic acids is 2. The van der Waals surface area contributed by atoms with Gasteiger partial charge in [-0.1, -0.05) is 30.3 Å². The number of thiophene rings is 1. The van der Waals surface area contributed by atoms with Crippen molar-refractivity contribution in [1.29, 1.82) is 0 Å². The molecule has 0 unspecified atom stereocenters. The van der Waals surface area contributed by atoms with Crippen molar-refractivity contribution < 1.29 is 14.3 Å². The summed E-state index contributed by atoms with van der Waals surface area (Å²) >= 11 is 1.70. The average Bonchev–Trinajstić information content (AvgIpc) is 3.49. The smallest absolute Gasteiger partial charge is 0.251 e. The zero-order chi connectivity index (χ0) is 19.6. The summed E-state index contributed by atoms with van der Waals surface area (Å²) in [7, 11) is 1.68. The first kappa shape index (κ1) is 19.2. The Labute approximate surface area is 169 Å². The summed E-state index contributed by atoms with van der Waals surface area (Å²) in [6.45, 7) is 1.70. The van der Waals surface area contributed by atoms with Crippen molar-refractivity contribution in [3.63, 3.8) is 0 Å². The minimum atomic E-state index is -0.601. The van der Waals surface area contributed by atoms with Crippen LogP contribution in [0.5, 0.6) is 0 Å². The van der Waals surface area contributed by atoms with Crippen molar-refractivity contribution in [2.45, 2.75) is 31.8 Å². The fraction of sp³-hybridized carbons (Fsp3) is 0.455. The molecule has 0 radical (unpaired) electrons. The Morgan fingerprint density at radius 2 is 2.14 bits per heavy atom. The van der Waals surface area contributed by atoms with Crippen LogP contribution in [0.1, 0.15) is 24.8 Å². The molecule has 2 aliphatic heterocycles. The van der Waals surface area contributed by atoms with Gasteiger partial charge in [-0.3, -0.25) is 9.59 Å². The molecule has 0 saturated carbocycles. The first-order chi connectivity index (χ1) is 13.6. The molecule has 5 nitrogen and oxygen atoms in total. The molecule has 1 N–H and O–H groups in total. The van der Waals surface area contributed by atoms with Crippen LogP contribution in [0.15, 0.2) is 41.8 Å². The highest BCUT2D eigenvalue weighted by Gasteiger charge is 2.47. The number of hydrogen-bond acceptors (Lipinski definition) is 4. The predicted molar refractivity (Wildman–Crippen MR) is 110 cm³/mol. The van der Waals surface area contributed by atoms with Crippen molar-refractivity contribution in [2.75, 3.05) is 26.7 Å². The largest absolute Gasteiger partial charge is 0.368 e. The third kappa shape index (κ3) is 3.59. The fourth-order valence-corrected chi connectivity index (χ4v) is 5.21. The van der Waals surface area contributed by atoms with E-state index >= 15 is 0 Å². The Morgan fingerprint density at radius 1 is 1.29 bits per heavy atom. The van der Waals surface area contributed by atoms with Crippen LogP contribution >= 0.6 is 11.3 Å². The molecule has 2 aliphatic rings. The molecule has 2 fully saturated rings. The molecule has 0 spiro atoms. The van der Waals surface area contributed by atoms with Gasteiger partial charge >= 0.3 is 0 Å². The third-order valence-electron chi connectivity index (χ3n) is 5.91. The Morgan fingerprint density at radius 3 is 2.86 bits per heavy atom. The molecule has 6 heteroatoms. The van der Waals surface area contributed by atoms with Gasteiger partial charge in [-0.15, -0.1) is 11.3 Å². The molecule has 0 bridgehead atoms. The van der Waals surface area contributed by atoms with Gasteiger partial charge in [-0.25, -0.2) is 0 Å². The number of nitrogens with one attached hydrogen (secondary N) is 1. The minimum Gasteiger partial charge on any atom is -0.368 e. The quantitative estimate of drug-likeness (QED) is 0.842. The first-order valence-corrected chi connectivity index (χ1v) is 10.8. The van der Waals surface area contributed by atoms with E-state index in [0.29, 0.717) is 32.5 Å². The number of hydrogen-bond donors (Lipinski definition) is 1. The standard InChI is InChI=1S/C22H26N2O3S/c1-23-21(26)22(10-11-24(15-22)20(25)18-8-4-12-27-18)14-16-6-2-3-7-17(16)19-9-5-13-28-19/h2-3,5-7,9,13,18H,4,8,10-12,14-15H2,1H3,(H,23,26)/t18-,22-/m0/s1. The van der Waals surface area contributed by atoms with Crippen LogP contribution in [-0.4, -0.2) is 49.6 Å². The van der Waals surface area contributed by atoms with Crippen molar-refractivity contribution in [3.8, 4) is 10.4 Å². The Kier molecular flexibility index (Phi) is 5.51. The third-order valence-corrected chi connectivity index (χ3v) is 6.82. The number of ether oxygens (including phenoxy) is 1. The van der Waals surface area contributed by atoms with Gasteiger partial charge in [0.25, 0.3) is 5.91 Å². The molecule has 148 valence electrons. The van der Waals surface area contributed by atoms with Crippen molar-refractivity contribution in [3.05, 3.63) is 47.3 Å². The molecule has 2 amide bonds. The second-order valence-electron chi connectivity index (χ2n) is 7.68. The number of rotatable bonds is 5. The van der Waals surface area contributed by atoms with E-state index in [2.05, 4.69) is 28.9 Å². The summed E-state index contributed by atoms with van der Waals surface area (Å²) in [4.78, 5) is 28.8. The van der Waals surface area contributed by atoms with Crippen molar-refractivity contribution in [2.24, 2.45) is 5.41 Å². The molecular formula is C22H26N2O3S. The van der Waals surface area contributed by atoms with Crippen LogP contribution in [0.25, 0.3) is 10.4 Å². The zero-order valence-corrected chi connectivity index (χ0v) is 17.0. The Hall–Kier alpha value is -2.18. The van der Waals surface area contributed by atoms with E-state index in [0.717, 1.165) is 18.4 Å². The summed E-state index contributed by atoms with van der Waals surface area (Å²) in [6, 6.07) is 12.4. The summed E-state index contributed by atoms with van der Waals surface area (Å²) in [5.41, 5.74) is 1.72. The summed E-state index contributed by atoms with van der Waals surface area (Å²) < 4.78 is 5.58. The van der Waals surface area contributed by atoms with Crippen LogP contribution in [0.3, 0.4) is 0 Å². The number of amides is 2. The molecule has 2 aromatic rings. The SMILES string of the molecule is CNC(=O)[C@]1(Cc2ccccc2-c2cccs2)CCN(C(=O)[C@@H]2CCCO2)C1. The summed E-state index contributed by atoms with van der Waals surface area (Å²) in [6.07, 6.45) is 2.67. The van der Waals surface area contributed by atoms with Gasteiger partial charge in [0.1, 0.15) is 6.10 Å². The highest BCUT2D eigenvalue weighted by Crippen LogP contribution is 2.39. The summed E-state index contributed by atoms with van der Waals surface area (Å²) in [5, 5.41) is 4.91. The lowest BCUT2D eigenvalue weighted by atomic mass is 9.78. The molecule has 1 aromatic carbocycles. The zero-order valence-electron chi connectivity index (χ0n) is 16.1. The topological polar surface area (TPSA) is 58.6 Å². The second kappa shape index (κ2) is 8.05. The maximum atomic E-state index is 12.9. The lowest BCUT2D eigenvalue weighted by Crippen LogP contribution is -2.45. The van der Waals surface area contributed by atoms with Crippen LogP contribution in [0, 0.1) is 5.41 Å². The van der Waals surface area contributed by atoms with Crippen LogP contribution in [-0.2, 0) is 20.7 Å². The fourth-order valence-electron chi connectivity index (χ4n) is 4.42. The van der Waals surface area contributed by atoms with E-state index in [1.807, 2.05) is 23.1 Å². The molecule has 3 heterocycles. The predicted octanol–water partition coefficient (Wildman–Crippen LogP) is 3.10. The normalized spacial score (nSPS) is 24.5.